The summed E-state index contributed by atoms with van der Waals surface area (Å²) in [4.78, 5) is 51.4. The van der Waals surface area contributed by atoms with E-state index in [1.165, 1.54) is 65.1 Å². The summed E-state index contributed by atoms with van der Waals surface area (Å²) < 4.78 is 33.0. The van der Waals surface area contributed by atoms with Crippen LogP contribution < -0.4 is 0 Å². The van der Waals surface area contributed by atoms with Gasteiger partial charge in [0.25, 0.3) is 0 Å². The lowest BCUT2D eigenvalue weighted by molar-refractivity contribution is -0.237. The van der Waals surface area contributed by atoms with Crippen molar-refractivity contribution in [2.45, 2.75) is 115 Å². The van der Waals surface area contributed by atoms with Gasteiger partial charge in [-0.3, -0.25) is 24.2 Å². The van der Waals surface area contributed by atoms with E-state index in [-0.39, 0.29) is 6.61 Å². The molecule has 0 aliphatic carbocycles. The molecule has 0 aromatic rings. The molecule has 2 aliphatic rings. The van der Waals surface area contributed by atoms with E-state index in [4.69, 9.17) is 28.4 Å². The topological polar surface area (TPSA) is 136 Å². The summed E-state index contributed by atoms with van der Waals surface area (Å²) in [7, 11) is 0. The first-order chi connectivity index (χ1) is 18.7. The van der Waals surface area contributed by atoms with Crippen molar-refractivity contribution in [1.29, 1.82) is 0 Å². The van der Waals surface area contributed by atoms with Gasteiger partial charge in [0.2, 0.25) is 0 Å². The average molecular weight is 574 g/mol. The Hall–Kier alpha value is -2.34. The Morgan fingerprint density at radius 2 is 1.33 bits per heavy atom. The van der Waals surface area contributed by atoms with E-state index < -0.39 is 53.7 Å². The highest BCUT2D eigenvalue weighted by molar-refractivity contribution is 7.99. The number of carbonyl (C=O) groups excluding carboxylic acids is 4. The zero-order valence-electron chi connectivity index (χ0n) is 23.5. The second kappa shape index (κ2) is 18.1. The van der Waals surface area contributed by atoms with Crippen molar-refractivity contribution in [2.24, 2.45) is 4.99 Å². The summed E-state index contributed by atoms with van der Waals surface area (Å²) in [6.45, 7) is 6.22. The molecule has 0 spiro atoms. The summed E-state index contributed by atoms with van der Waals surface area (Å²) in [5.74, 6) is -0.770. The predicted octanol–water partition coefficient (Wildman–Crippen LogP) is 3.74. The minimum atomic E-state index is -1.12. The monoisotopic (exact) mass is 573 g/mol. The number of hydrogen-bond acceptors (Lipinski definition) is 12. The molecule has 0 amide bonds. The summed E-state index contributed by atoms with van der Waals surface area (Å²) >= 11 is 1.43. The van der Waals surface area contributed by atoms with Gasteiger partial charge in [-0.25, -0.2) is 0 Å². The maximum atomic E-state index is 11.9. The summed E-state index contributed by atoms with van der Waals surface area (Å²) in [5, 5.41) is 0. The highest BCUT2D eigenvalue weighted by Gasteiger charge is 2.52. The average Bonchev–Trinajstić information content (AvgIpc) is 3.37. The van der Waals surface area contributed by atoms with Crippen molar-refractivity contribution < 1.29 is 47.6 Å². The molecule has 0 aromatic carbocycles. The van der Waals surface area contributed by atoms with Crippen LogP contribution in [0.4, 0.5) is 0 Å². The lowest BCUT2D eigenvalue weighted by Crippen LogP contribution is -2.61. The van der Waals surface area contributed by atoms with Gasteiger partial charge in [0.15, 0.2) is 24.2 Å². The number of ether oxygens (including phenoxy) is 6. The van der Waals surface area contributed by atoms with Gasteiger partial charge in [-0.1, -0.05) is 38.5 Å². The molecule has 12 heteroatoms. The number of carbonyl (C=O) groups is 4. The lowest BCUT2D eigenvalue weighted by atomic mass is 9.99. The summed E-state index contributed by atoms with van der Waals surface area (Å²) in [5.41, 5.74) is -0.709. The Morgan fingerprint density at radius 1 is 0.769 bits per heavy atom. The molecule has 0 N–H and O–H groups in total. The Morgan fingerprint density at radius 3 is 1.90 bits per heavy atom. The van der Waals surface area contributed by atoms with Crippen molar-refractivity contribution >= 4 is 41.5 Å². The van der Waals surface area contributed by atoms with E-state index in [1.807, 2.05) is 0 Å². The van der Waals surface area contributed by atoms with Crippen LogP contribution in [0.1, 0.15) is 85.5 Å². The maximum Gasteiger partial charge on any atom is 0.303 e. The molecule has 5 atom stereocenters. The first-order valence-electron chi connectivity index (χ1n) is 13.8. The van der Waals surface area contributed by atoms with E-state index >= 15 is 0 Å². The van der Waals surface area contributed by atoms with Crippen LogP contribution >= 0.6 is 11.8 Å². The Bertz CT molecular complexity index is 835. The third-order valence-electron chi connectivity index (χ3n) is 6.16. The van der Waals surface area contributed by atoms with Crippen LogP contribution in [-0.4, -0.2) is 85.1 Å². The van der Waals surface area contributed by atoms with E-state index in [0.717, 1.165) is 56.9 Å². The van der Waals surface area contributed by atoms with Gasteiger partial charge in [-0.05, 0) is 18.6 Å². The standard InChI is InChI=1S/C27H43NO10S/c1-18(29)34-17-22-24(35-19(2)30)25(36-20(3)31)26(37-21(4)32)27(38-22)39-16-12-10-8-6-5-7-9-11-13-23-28-14-15-33-23/h22,24-27H,5-17H2,1-4H3/t22-,24+,25+,26-,27+/m1/s1. The maximum absolute atomic E-state index is 11.9. The van der Waals surface area contributed by atoms with Gasteiger partial charge >= 0.3 is 23.9 Å². The van der Waals surface area contributed by atoms with E-state index in [9.17, 15) is 19.2 Å². The SMILES string of the molecule is CC(=O)OC[C@H]1O[C@@H](SCCCCCCCCCCC2=NCCO2)[C@H](OC(C)=O)[C@@H](OC(C)=O)[C@H]1OC(C)=O. The lowest BCUT2D eigenvalue weighted by Gasteiger charge is -2.44. The predicted molar refractivity (Wildman–Crippen MR) is 144 cm³/mol. The van der Waals surface area contributed by atoms with Crippen molar-refractivity contribution in [3.63, 3.8) is 0 Å². The minimum absolute atomic E-state index is 0.212. The van der Waals surface area contributed by atoms with Crippen LogP contribution in [0.3, 0.4) is 0 Å². The molecule has 2 heterocycles. The number of rotatable bonds is 17. The minimum Gasteiger partial charge on any atom is -0.479 e. The van der Waals surface area contributed by atoms with Crippen molar-refractivity contribution in [3.05, 3.63) is 0 Å². The van der Waals surface area contributed by atoms with Gasteiger partial charge in [-0.15, -0.1) is 11.8 Å². The second-order valence-corrected chi connectivity index (χ2v) is 10.8. The van der Waals surface area contributed by atoms with Crippen LogP contribution in [0, 0.1) is 0 Å². The quantitative estimate of drug-likeness (QED) is 0.143. The summed E-state index contributed by atoms with van der Waals surface area (Å²) in [6.07, 6.45) is 5.75. The molecular formula is C27H43NO10S. The number of unbranched alkanes of at least 4 members (excludes halogenated alkanes) is 7. The van der Waals surface area contributed by atoms with Gasteiger partial charge in [0.1, 0.15) is 24.8 Å². The normalized spacial score (nSPS) is 24.3. The van der Waals surface area contributed by atoms with E-state index in [0.29, 0.717) is 0 Å². The highest BCUT2D eigenvalue weighted by Crippen LogP contribution is 2.35. The van der Waals surface area contributed by atoms with Crippen LogP contribution in [0.15, 0.2) is 4.99 Å². The van der Waals surface area contributed by atoms with Crippen LogP contribution in [-0.2, 0) is 47.6 Å². The fourth-order valence-electron chi connectivity index (χ4n) is 4.49. The van der Waals surface area contributed by atoms with Gasteiger partial charge in [-0.2, -0.15) is 0 Å². The van der Waals surface area contributed by atoms with Crippen molar-refractivity contribution in [1.82, 2.24) is 0 Å². The molecule has 0 bridgehead atoms. The second-order valence-electron chi connectivity index (χ2n) is 9.64. The van der Waals surface area contributed by atoms with Gasteiger partial charge < -0.3 is 28.4 Å². The zero-order chi connectivity index (χ0) is 28.6. The molecule has 1 fully saturated rings. The largest absolute Gasteiger partial charge is 0.479 e. The van der Waals surface area contributed by atoms with E-state index in [2.05, 4.69) is 4.99 Å². The molecule has 0 aromatic heterocycles. The molecule has 1 saturated heterocycles. The number of esters is 4. The highest BCUT2D eigenvalue weighted by atomic mass is 32.2. The molecule has 39 heavy (non-hydrogen) atoms. The fraction of sp³-hybridized carbons (Fsp3) is 0.815. The first kappa shape index (κ1) is 32.9. The number of aliphatic imine (C=N–C) groups is 1. The Kier molecular flexibility index (Phi) is 15.2. The molecule has 222 valence electrons. The van der Waals surface area contributed by atoms with Crippen molar-refractivity contribution in [2.75, 3.05) is 25.5 Å². The third kappa shape index (κ3) is 13.0. The van der Waals surface area contributed by atoms with Crippen LogP contribution in [0.2, 0.25) is 0 Å². The van der Waals surface area contributed by atoms with E-state index in [1.54, 1.807) is 0 Å². The zero-order valence-corrected chi connectivity index (χ0v) is 24.3. The summed E-state index contributed by atoms with van der Waals surface area (Å²) in [6, 6.07) is 0. The Labute approximate surface area is 235 Å². The molecule has 2 rings (SSSR count). The van der Waals surface area contributed by atoms with Gasteiger partial charge in [0.05, 0.1) is 6.54 Å². The third-order valence-corrected chi connectivity index (χ3v) is 7.40. The van der Waals surface area contributed by atoms with Crippen LogP contribution in [0.25, 0.3) is 0 Å². The first-order valence-corrected chi connectivity index (χ1v) is 14.8. The van der Waals surface area contributed by atoms with Crippen molar-refractivity contribution in [3.8, 4) is 0 Å². The van der Waals surface area contributed by atoms with Crippen LogP contribution in [0.5, 0.6) is 0 Å². The number of thioether (sulfide) groups is 1. The molecule has 0 saturated carbocycles. The fourth-order valence-corrected chi connectivity index (χ4v) is 5.72. The number of hydrogen-bond donors (Lipinski definition) is 0. The molecule has 0 unspecified atom stereocenters. The smallest absolute Gasteiger partial charge is 0.303 e. The molecule has 0 radical (unpaired) electrons. The molecular weight excluding hydrogens is 530 g/mol. The Balaban J connectivity index is 1.84. The molecule has 11 nitrogen and oxygen atoms in total. The molecule has 2 aliphatic heterocycles. The number of nitrogens with zero attached hydrogens (tertiary/aromatic N) is 1. The van der Waals surface area contributed by atoms with Gasteiger partial charge in [0, 0.05) is 34.1 Å².